The van der Waals surface area contributed by atoms with Crippen molar-refractivity contribution < 1.29 is 24.0 Å². The fourth-order valence-electron chi connectivity index (χ4n) is 5.35. The molecule has 5 rings (SSSR count). The van der Waals surface area contributed by atoms with Crippen LogP contribution in [0.1, 0.15) is 107 Å². The topological polar surface area (TPSA) is 116 Å². The Hall–Kier alpha value is -3.07. The molecule has 216 valence electrons. The van der Waals surface area contributed by atoms with E-state index in [2.05, 4.69) is 15.5 Å². The van der Waals surface area contributed by atoms with E-state index < -0.39 is 23.8 Å². The zero-order valence-electron chi connectivity index (χ0n) is 24.5. The molecule has 1 unspecified atom stereocenters. The van der Waals surface area contributed by atoms with Gasteiger partial charge in [-0.05, 0) is 75.7 Å². The van der Waals surface area contributed by atoms with E-state index in [0.29, 0.717) is 23.0 Å². The Bertz CT molecular complexity index is 1040. The third-order valence-corrected chi connectivity index (χ3v) is 7.77. The lowest BCUT2D eigenvalue weighted by atomic mass is 9.71. The van der Waals surface area contributed by atoms with Crippen LogP contribution in [-0.4, -0.2) is 66.5 Å². The largest absolute Gasteiger partial charge is 0.371 e. The maximum Gasteiger partial charge on any atom is 0.262 e. The van der Waals surface area contributed by atoms with E-state index in [1.54, 1.807) is 19.1 Å². The Balaban J connectivity index is 0.000000527. The molecule has 4 amide bonds. The molecule has 1 atom stereocenters. The number of carbonyl (C=O) groups is 5. The number of imide groups is 2. The Morgan fingerprint density at radius 2 is 1.49 bits per heavy atom. The number of hydrogen-bond acceptors (Lipinski definition) is 7. The molecule has 9 heteroatoms. The summed E-state index contributed by atoms with van der Waals surface area (Å²) in [5.74, 6) is -1.59. The first kappa shape index (κ1) is 32.1. The quantitative estimate of drug-likeness (QED) is 0.553. The second-order valence-corrected chi connectivity index (χ2v) is 9.97. The number of fused-ring (bicyclic) bond motifs is 1. The number of anilines is 1. The molecule has 2 N–H and O–H groups in total. The van der Waals surface area contributed by atoms with Gasteiger partial charge in [0.1, 0.15) is 11.8 Å². The number of hydrogen-bond donors (Lipinski definition) is 2. The molecule has 1 aromatic rings. The van der Waals surface area contributed by atoms with Gasteiger partial charge in [-0.1, -0.05) is 34.6 Å². The van der Waals surface area contributed by atoms with Gasteiger partial charge < -0.3 is 15.0 Å². The first-order valence-corrected chi connectivity index (χ1v) is 14.6. The van der Waals surface area contributed by atoms with Crippen molar-refractivity contribution >= 4 is 35.1 Å². The van der Waals surface area contributed by atoms with Crippen LogP contribution in [0.5, 0.6) is 0 Å². The predicted octanol–water partition coefficient (Wildman–Crippen LogP) is 4.10. The molecule has 4 aliphatic rings. The highest BCUT2D eigenvalue weighted by Crippen LogP contribution is 2.41. The summed E-state index contributed by atoms with van der Waals surface area (Å²) in [6, 6.07) is 4.47. The average molecular weight is 543 g/mol. The molecule has 0 aromatic heterocycles. The number of benzene rings is 1. The molecule has 3 saturated heterocycles. The van der Waals surface area contributed by atoms with Crippen LogP contribution in [0, 0.1) is 5.41 Å². The van der Waals surface area contributed by atoms with Crippen LogP contribution in [0.2, 0.25) is 0 Å². The van der Waals surface area contributed by atoms with Crippen LogP contribution in [0.25, 0.3) is 0 Å². The minimum atomic E-state index is -0.923. The van der Waals surface area contributed by atoms with E-state index in [1.807, 2.05) is 40.7 Å². The molecular formula is C30H46N4O5. The van der Waals surface area contributed by atoms with Crippen molar-refractivity contribution in [3.63, 3.8) is 0 Å². The fourth-order valence-corrected chi connectivity index (χ4v) is 5.35. The summed E-state index contributed by atoms with van der Waals surface area (Å²) >= 11 is 0. The normalized spacial score (nSPS) is 21.4. The summed E-state index contributed by atoms with van der Waals surface area (Å²) < 4.78 is 0. The summed E-state index contributed by atoms with van der Waals surface area (Å²) in [5, 5.41) is 5.67. The van der Waals surface area contributed by atoms with Crippen molar-refractivity contribution in [2.75, 3.05) is 31.1 Å². The molecule has 9 nitrogen and oxygen atoms in total. The maximum absolute atomic E-state index is 13.0. The van der Waals surface area contributed by atoms with Gasteiger partial charge in [-0.3, -0.25) is 29.4 Å². The van der Waals surface area contributed by atoms with E-state index in [1.165, 1.54) is 12.8 Å². The first-order valence-electron chi connectivity index (χ1n) is 14.6. The van der Waals surface area contributed by atoms with E-state index in [9.17, 15) is 24.0 Å². The molecule has 4 heterocycles. The highest BCUT2D eigenvalue weighted by atomic mass is 16.2. The van der Waals surface area contributed by atoms with Gasteiger partial charge in [0.2, 0.25) is 11.8 Å². The summed E-state index contributed by atoms with van der Waals surface area (Å²) in [6.07, 6.45) is 5.69. The lowest BCUT2D eigenvalue weighted by Gasteiger charge is -2.45. The third kappa shape index (κ3) is 7.53. The second-order valence-electron chi connectivity index (χ2n) is 9.97. The molecule has 3 fully saturated rings. The van der Waals surface area contributed by atoms with Crippen LogP contribution < -0.4 is 15.5 Å². The van der Waals surface area contributed by atoms with Crippen molar-refractivity contribution in [3.05, 3.63) is 29.3 Å². The van der Waals surface area contributed by atoms with Crippen molar-refractivity contribution in [2.24, 2.45) is 5.41 Å². The third-order valence-electron chi connectivity index (χ3n) is 7.77. The summed E-state index contributed by atoms with van der Waals surface area (Å²) in [7, 11) is 0. The van der Waals surface area contributed by atoms with Gasteiger partial charge in [-0.25, -0.2) is 0 Å². The number of carbonyl (C=O) groups excluding carboxylic acids is 5. The number of nitrogens with one attached hydrogen (secondary N) is 2. The minimum absolute atomic E-state index is 0.125. The zero-order valence-corrected chi connectivity index (χ0v) is 24.5. The molecule has 0 saturated carbocycles. The second kappa shape index (κ2) is 14.9. The van der Waals surface area contributed by atoms with Crippen molar-refractivity contribution in [1.29, 1.82) is 0 Å². The Kier molecular flexibility index (Phi) is 12.3. The molecule has 0 bridgehead atoms. The number of Topliss-reactive ketones (excluding diaryl/α,β-unsaturated/α-hetero) is 1. The number of piperidine rings is 3. The van der Waals surface area contributed by atoms with Gasteiger partial charge in [0.25, 0.3) is 11.8 Å². The monoisotopic (exact) mass is 542 g/mol. The lowest BCUT2D eigenvalue weighted by Crippen LogP contribution is -2.54. The summed E-state index contributed by atoms with van der Waals surface area (Å²) in [6.45, 7) is 15.5. The molecule has 0 radical (unpaired) electrons. The fraction of sp³-hybridized carbons (Fsp3) is 0.633. The van der Waals surface area contributed by atoms with Gasteiger partial charge in [0, 0.05) is 31.6 Å². The lowest BCUT2D eigenvalue weighted by molar-refractivity contribution is -0.136. The molecule has 0 aliphatic carbocycles. The number of ketones is 1. The zero-order chi connectivity index (χ0) is 29.2. The Morgan fingerprint density at radius 3 is 2.03 bits per heavy atom. The van der Waals surface area contributed by atoms with E-state index in [0.717, 1.165) is 49.6 Å². The first-order chi connectivity index (χ1) is 18.7. The highest BCUT2D eigenvalue weighted by Gasteiger charge is 2.45. The van der Waals surface area contributed by atoms with Crippen LogP contribution in [0.4, 0.5) is 5.69 Å². The number of amides is 4. The number of rotatable bonds is 3. The van der Waals surface area contributed by atoms with Gasteiger partial charge in [0.15, 0.2) is 0 Å². The molecule has 1 spiro atoms. The van der Waals surface area contributed by atoms with Crippen molar-refractivity contribution in [3.8, 4) is 0 Å². The molecular weight excluding hydrogens is 496 g/mol. The van der Waals surface area contributed by atoms with Crippen LogP contribution in [0.3, 0.4) is 0 Å². The van der Waals surface area contributed by atoms with Gasteiger partial charge in [0.05, 0.1) is 11.1 Å². The number of nitrogens with zero attached hydrogens (tertiary/aromatic N) is 2. The van der Waals surface area contributed by atoms with Gasteiger partial charge in [-0.15, -0.1) is 0 Å². The molecule has 39 heavy (non-hydrogen) atoms. The maximum atomic E-state index is 13.0. The van der Waals surface area contributed by atoms with Gasteiger partial charge in [-0.2, -0.15) is 0 Å². The smallest absolute Gasteiger partial charge is 0.262 e. The Morgan fingerprint density at radius 1 is 0.923 bits per heavy atom. The minimum Gasteiger partial charge on any atom is -0.371 e. The summed E-state index contributed by atoms with van der Waals surface area (Å²) in [4.78, 5) is 62.6. The van der Waals surface area contributed by atoms with Crippen LogP contribution >= 0.6 is 0 Å². The van der Waals surface area contributed by atoms with E-state index in [4.69, 9.17) is 0 Å². The van der Waals surface area contributed by atoms with Gasteiger partial charge >= 0.3 is 0 Å². The van der Waals surface area contributed by atoms with Crippen LogP contribution in [0.15, 0.2) is 18.2 Å². The van der Waals surface area contributed by atoms with E-state index >= 15 is 0 Å². The Labute approximate surface area is 233 Å². The summed E-state index contributed by atoms with van der Waals surface area (Å²) in [5.41, 5.74) is 2.07. The van der Waals surface area contributed by atoms with E-state index in [-0.39, 0.29) is 24.5 Å². The predicted molar refractivity (Wildman–Crippen MR) is 153 cm³/mol. The standard InChI is InChI=1S/C22H26N4O4.C4H8O.2C2H6/c27-18-4-3-17(19(28)24-18)26-20(29)15-2-1-14(13-16(15)21(26)30)25-11-7-22(8-12-25)5-9-23-10-6-22;1-3-4(2)5;2*1-2/h1-2,13,17,23H,3-12H2,(H,24,27,28);3H2,1-2H3;2*1-2H3. The highest BCUT2D eigenvalue weighted by molar-refractivity contribution is 6.23. The van der Waals surface area contributed by atoms with Crippen LogP contribution in [-0.2, 0) is 14.4 Å². The van der Waals surface area contributed by atoms with Crippen molar-refractivity contribution in [2.45, 2.75) is 92.5 Å². The molecule has 1 aromatic carbocycles. The van der Waals surface area contributed by atoms with Crippen molar-refractivity contribution in [1.82, 2.24) is 15.5 Å². The molecule has 4 aliphatic heterocycles. The SMILES string of the molecule is CC.CC.CCC(C)=O.O=C1CCC(N2C(=O)c3ccc(N4CCC5(CCNCC5)CC4)cc3C2=O)C(=O)N1. The average Bonchev–Trinajstić information content (AvgIpc) is 3.21.